The minimum absolute atomic E-state index is 0.0386. The first-order valence-electron chi connectivity index (χ1n) is 9.43. The van der Waals surface area contributed by atoms with Crippen molar-refractivity contribution >= 4 is 37.4 Å². The Morgan fingerprint density at radius 2 is 1.57 bits per heavy atom. The molecule has 3 rings (SSSR count). The van der Waals surface area contributed by atoms with Crippen molar-refractivity contribution in [1.82, 2.24) is 9.62 Å². The van der Waals surface area contributed by atoms with E-state index >= 15 is 0 Å². The van der Waals surface area contributed by atoms with Crippen LogP contribution < -0.4 is 5.32 Å². The highest BCUT2D eigenvalue weighted by Gasteiger charge is 2.36. The lowest BCUT2D eigenvalue weighted by Crippen LogP contribution is -2.48. The Bertz CT molecular complexity index is 1110. The van der Waals surface area contributed by atoms with E-state index in [-0.39, 0.29) is 22.2 Å². The van der Waals surface area contributed by atoms with Crippen molar-refractivity contribution in [2.75, 3.05) is 12.8 Å². The van der Waals surface area contributed by atoms with Gasteiger partial charge in [-0.15, -0.1) is 0 Å². The Kier molecular flexibility index (Phi) is 6.86. The molecule has 1 unspecified atom stereocenters. The van der Waals surface area contributed by atoms with Crippen LogP contribution in [-0.4, -0.2) is 45.9 Å². The summed E-state index contributed by atoms with van der Waals surface area (Å²) in [6, 6.07) is 10.9. The summed E-state index contributed by atoms with van der Waals surface area (Å²) in [5.74, 6) is -0.335. The predicted octanol–water partition coefficient (Wildman–Crippen LogP) is 2.60. The van der Waals surface area contributed by atoms with Gasteiger partial charge in [-0.05, 0) is 61.2 Å². The molecule has 2 aromatic carbocycles. The molecule has 30 heavy (non-hydrogen) atoms. The Morgan fingerprint density at radius 1 is 0.967 bits per heavy atom. The van der Waals surface area contributed by atoms with E-state index in [0.29, 0.717) is 30.0 Å². The molecule has 1 amide bonds. The lowest BCUT2D eigenvalue weighted by atomic mass is 10.1. The zero-order chi connectivity index (χ0) is 21.9. The molecule has 0 radical (unpaired) electrons. The summed E-state index contributed by atoms with van der Waals surface area (Å²) >= 11 is 5.89. The molecule has 1 heterocycles. The van der Waals surface area contributed by atoms with Crippen molar-refractivity contribution in [2.24, 2.45) is 0 Å². The van der Waals surface area contributed by atoms with Crippen LogP contribution in [0, 0.1) is 0 Å². The molecular weight excluding hydrogens is 448 g/mol. The van der Waals surface area contributed by atoms with Gasteiger partial charge >= 0.3 is 0 Å². The molecule has 1 fully saturated rings. The number of nitrogens with zero attached hydrogens (tertiary/aromatic N) is 1. The lowest BCUT2D eigenvalue weighted by molar-refractivity contribution is -0.124. The third-order valence-electron chi connectivity index (χ3n) is 4.96. The average molecular weight is 471 g/mol. The van der Waals surface area contributed by atoms with Gasteiger partial charge in [-0.3, -0.25) is 4.79 Å². The molecule has 0 aliphatic carbocycles. The summed E-state index contributed by atoms with van der Waals surface area (Å²) in [5.41, 5.74) is 0.581. The number of nitrogens with one attached hydrogen (secondary N) is 1. The maximum absolute atomic E-state index is 13.4. The van der Waals surface area contributed by atoms with Crippen molar-refractivity contribution in [3.63, 3.8) is 0 Å². The van der Waals surface area contributed by atoms with Gasteiger partial charge in [0.2, 0.25) is 15.9 Å². The molecule has 1 aliphatic heterocycles. The molecule has 1 atom stereocenters. The van der Waals surface area contributed by atoms with E-state index in [9.17, 15) is 21.6 Å². The molecule has 1 aliphatic rings. The van der Waals surface area contributed by atoms with Gasteiger partial charge in [-0.25, -0.2) is 16.8 Å². The van der Waals surface area contributed by atoms with Gasteiger partial charge in [0.05, 0.1) is 9.79 Å². The van der Waals surface area contributed by atoms with E-state index < -0.39 is 25.9 Å². The van der Waals surface area contributed by atoms with Gasteiger partial charge in [0.1, 0.15) is 6.04 Å². The summed E-state index contributed by atoms with van der Waals surface area (Å²) in [4.78, 5) is 12.8. The molecular formula is C20H23ClN2O5S2. The first-order chi connectivity index (χ1) is 14.1. The van der Waals surface area contributed by atoms with Gasteiger partial charge in [0.25, 0.3) is 0 Å². The fraction of sp³-hybridized carbons (Fsp3) is 0.350. The molecule has 1 saturated heterocycles. The summed E-state index contributed by atoms with van der Waals surface area (Å²) < 4.78 is 51.5. The van der Waals surface area contributed by atoms with Crippen molar-refractivity contribution in [1.29, 1.82) is 0 Å². The number of halogens is 1. The van der Waals surface area contributed by atoms with E-state index in [0.717, 1.165) is 12.7 Å². The largest absolute Gasteiger partial charge is 0.355 e. The molecule has 0 spiro atoms. The number of hydrogen-bond donors (Lipinski definition) is 1. The predicted molar refractivity (Wildman–Crippen MR) is 114 cm³/mol. The number of sulfone groups is 1. The third-order valence-corrected chi connectivity index (χ3v) is 8.21. The Labute approximate surface area is 182 Å². The molecule has 0 saturated carbocycles. The van der Waals surface area contributed by atoms with Gasteiger partial charge < -0.3 is 5.32 Å². The maximum atomic E-state index is 13.4. The van der Waals surface area contributed by atoms with E-state index in [1.807, 2.05) is 0 Å². The SMILES string of the molecule is CS(=O)(=O)c1ccc(CN(C2CCCCNC2=O)S(=O)(=O)c2ccc(Cl)cc2)cc1. The van der Waals surface area contributed by atoms with Crippen LogP contribution in [0.1, 0.15) is 24.8 Å². The highest BCUT2D eigenvalue weighted by Crippen LogP contribution is 2.26. The first-order valence-corrected chi connectivity index (χ1v) is 13.1. The standard InChI is InChI=1S/C20H23ClN2O5S2/c1-29(25,26)17-9-5-15(6-10-17)14-23(19-4-2-3-13-22-20(19)24)30(27,28)18-11-7-16(21)8-12-18/h5-12,19H,2-4,13-14H2,1H3,(H,22,24). The highest BCUT2D eigenvalue weighted by molar-refractivity contribution is 7.90. The van der Waals surface area contributed by atoms with E-state index in [1.165, 1.54) is 40.7 Å². The Morgan fingerprint density at radius 3 is 2.17 bits per heavy atom. The number of hydrogen-bond acceptors (Lipinski definition) is 5. The van der Waals surface area contributed by atoms with Crippen LogP contribution >= 0.6 is 11.6 Å². The van der Waals surface area contributed by atoms with Crippen LogP contribution in [0.5, 0.6) is 0 Å². The molecule has 2 aromatic rings. The summed E-state index contributed by atoms with van der Waals surface area (Å²) in [6.45, 7) is 0.445. The van der Waals surface area contributed by atoms with Crippen LogP contribution in [0.2, 0.25) is 5.02 Å². The monoisotopic (exact) mass is 470 g/mol. The minimum atomic E-state index is -4.01. The number of carbonyl (C=O) groups is 1. The van der Waals surface area contributed by atoms with Crippen LogP contribution in [-0.2, 0) is 31.2 Å². The maximum Gasteiger partial charge on any atom is 0.244 e. The van der Waals surface area contributed by atoms with E-state index in [1.54, 1.807) is 12.1 Å². The second-order valence-electron chi connectivity index (χ2n) is 7.22. The van der Waals surface area contributed by atoms with E-state index in [2.05, 4.69) is 5.32 Å². The molecule has 1 N–H and O–H groups in total. The first kappa shape index (κ1) is 22.7. The quantitative estimate of drug-likeness (QED) is 0.699. The number of carbonyl (C=O) groups excluding carboxylic acids is 1. The molecule has 162 valence electrons. The Balaban J connectivity index is 2.01. The number of sulfonamides is 1. The lowest BCUT2D eigenvalue weighted by Gasteiger charge is -2.29. The van der Waals surface area contributed by atoms with Crippen LogP contribution in [0.4, 0.5) is 0 Å². The Hall–Kier alpha value is -1.94. The summed E-state index contributed by atoms with van der Waals surface area (Å²) in [7, 11) is -7.37. The fourth-order valence-corrected chi connectivity index (χ4v) is 5.69. The number of amides is 1. The molecule has 7 nitrogen and oxygen atoms in total. The van der Waals surface area contributed by atoms with Gasteiger partial charge in [-0.1, -0.05) is 23.7 Å². The van der Waals surface area contributed by atoms with Crippen molar-refractivity contribution in [3.05, 3.63) is 59.1 Å². The second-order valence-corrected chi connectivity index (χ2v) is 11.6. The van der Waals surface area contributed by atoms with Gasteiger partial charge in [0, 0.05) is 24.4 Å². The van der Waals surface area contributed by atoms with Crippen LogP contribution in [0.25, 0.3) is 0 Å². The zero-order valence-corrected chi connectivity index (χ0v) is 18.8. The molecule has 10 heteroatoms. The summed E-state index contributed by atoms with van der Waals surface area (Å²) in [6.07, 6.45) is 3.00. The smallest absolute Gasteiger partial charge is 0.244 e. The minimum Gasteiger partial charge on any atom is -0.355 e. The normalized spacial score (nSPS) is 18.1. The van der Waals surface area contributed by atoms with Crippen molar-refractivity contribution in [3.8, 4) is 0 Å². The topological polar surface area (TPSA) is 101 Å². The van der Waals surface area contributed by atoms with E-state index in [4.69, 9.17) is 11.6 Å². The van der Waals surface area contributed by atoms with Crippen molar-refractivity contribution in [2.45, 2.75) is 41.6 Å². The highest BCUT2D eigenvalue weighted by atomic mass is 35.5. The summed E-state index contributed by atoms with van der Waals surface area (Å²) in [5, 5.41) is 3.18. The fourth-order valence-electron chi connectivity index (χ4n) is 3.32. The average Bonchev–Trinajstić information content (AvgIpc) is 2.90. The number of rotatable bonds is 6. The molecule has 0 aromatic heterocycles. The second kappa shape index (κ2) is 9.05. The molecule has 0 bridgehead atoms. The van der Waals surface area contributed by atoms with Crippen LogP contribution in [0.3, 0.4) is 0 Å². The van der Waals surface area contributed by atoms with Crippen LogP contribution in [0.15, 0.2) is 58.3 Å². The number of benzene rings is 2. The van der Waals surface area contributed by atoms with Crippen molar-refractivity contribution < 1.29 is 21.6 Å². The van der Waals surface area contributed by atoms with Gasteiger partial charge in [-0.2, -0.15) is 4.31 Å². The zero-order valence-electron chi connectivity index (χ0n) is 16.4. The third kappa shape index (κ3) is 5.21. The van der Waals surface area contributed by atoms with Gasteiger partial charge in [0.15, 0.2) is 9.84 Å².